The van der Waals surface area contributed by atoms with E-state index in [0.717, 1.165) is 44.9 Å². The van der Waals surface area contributed by atoms with E-state index in [1.54, 1.807) is 7.05 Å². The van der Waals surface area contributed by atoms with Gasteiger partial charge in [0.25, 0.3) is 0 Å². The van der Waals surface area contributed by atoms with Crippen LogP contribution in [0.4, 0.5) is 0 Å². The lowest BCUT2D eigenvalue weighted by atomic mass is 10.1. The van der Waals surface area contributed by atoms with Crippen molar-refractivity contribution in [3.63, 3.8) is 0 Å². The van der Waals surface area contributed by atoms with Crippen LogP contribution in [-0.4, -0.2) is 56.3 Å². The average molecular weight is 814 g/mol. The predicted molar refractivity (Wildman–Crippen MR) is 234 cm³/mol. The summed E-state index contributed by atoms with van der Waals surface area (Å²) in [4.78, 5) is 35.1. The number of unbranched alkanes of at least 4 members (excludes halogenated alkanes) is 26. The van der Waals surface area contributed by atoms with Crippen LogP contribution in [0.5, 0.6) is 0 Å². The zero-order valence-corrected chi connectivity index (χ0v) is 37.5. The lowest BCUT2D eigenvalue weighted by molar-refractivity contribution is -0.161. The second kappa shape index (κ2) is 43.1. The molecular weight excluding hydrogens is 725 g/mol. The second-order valence-electron chi connectivity index (χ2n) is 15.6. The van der Waals surface area contributed by atoms with E-state index in [9.17, 15) is 19.0 Å². The van der Waals surface area contributed by atoms with Gasteiger partial charge in [0.05, 0.1) is 13.2 Å². The first-order valence-corrected chi connectivity index (χ1v) is 24.8. The summed E-state index contributed by atoms with van der Waals surface area (Å²) in [6.45, 7) is 4.22. The maximum Gasteiger partial charge on any atom is 0.472 e. The smallest absolute Gasteiger partial charge is 0.462 e. The van der Waals surface area contributed by atoms with Gasteiger partial charge in [0.2, 0.25) is 0 Å². The standard InChI is InChI=1S/C46H88NO8P/c1-4-6-8-10-12-14-16-18-20-21-22-23-25-26-28-30-32-34-36-38-45(48)52-42-44(43-54-56(50,51)53-41-40-47-3)55-46(49)39-37-35-33-31-29-27-24-19-17-15-13-11-9-7-5-2/h15,17-18,20,44,47H,4-14,16,19,21-43H2,1-3H3,(H,50,51)/b17-15-,20-18-. The third-order valence-electron chi connectivity index (χ3n) is 10.0. The number of rotatable bonds is 44. The molecule has 0 heterocycles. The van der Waals surface area contributed by atoms with Crippen LogP contribution in [0.15, 0.2) is 24.3 Å². The zero-order chi connectivity index (χ0) is 41.1. The van der Waals surface area contributed by atoms with Gasteiger partial charge in [-0.25, -0.2) is 4.57 Å². The van der Waals surface area contributed by atoms with Crippen molar-refractivity contribution < 1.29 is 37.6 Å². The fraction of sp³-hybridized carbons (Fsp3) is 0.870. The molecule has 0 aromatic heterocycles. The van der Waals surface area contributed by atoms with Crippen molar-refractivity contribution in [3.05, 3.63) is 24.3 Å². The highest BCUT2D eigenvalue weighted by Gasteiger charge is 2.26. The Hall–Kier alpha value is -1.51. The van der Waals surface area contributed by atoms with Gasteiger partial charge in [0.15, 0.2) is 6.10 Å². The number of hydrogen-bond donors (Lipinski definition) is 2. The van der Waals surface area contributed by atoms with Crippen molar-refractivity contribution >= 4 is 19.8 Å². The van der Waals surface area contributed by atoms with Crippen LogP contribution in [0.2, 0.25) is 0 Å². The summed E-state index contributed by atoms with van der Waals surface area (Å²) >= 11 is 0. The first kappa shape index (κ1) is 54.5. The van der Waals surface area contributed by atoms with Gasteiger partial charge in [0.1, 0.15) is 6.61 Å². The van der Waals surface area contributed by atoms with Crippen molar-refractivity contribution in [1.82, 2.24) is 5.32 Å². The van der Waals surface area contributed by atoms with Crippen LogP contribution in [0.3, 0.4) is 0 Å². The van der Waals surface area contributed by atoms with Crippen LogP contribution < -0.4 is 5.32 Å². The lowest BCUT2D eigenvalue weighted by Crippen LogP contribution is -2.29. The van der Waals surface area contributed by atoms with Gasteiger partial charge in [-0.15, -0.1) is 0 Å². The Balaban J connectivity index is 4.15. The first-order valence-electron chi connectivity index (χ1n) is 23.3. The molecule has 0 amide bonds. The molecule has 0 radical (unpaired) electrons. The summed E-state index contributed by atoms with van der Waals surface area (Å²) < 4.78 is 33.2. The molecule has 0 saturated heterocycles. The number of allylic oxidation sites excluding steroid dienone is 4. The number of hydrogen-bond acceptors (Lipinski definition) is 8. The number of nitrogens with one attached hydrogen (secondary N) is 1. The monoisotopic (exact) mass is 814 g/mol. The topological polar surface area (TPSA) is 120 Å². The number of phosphoric ester groups is 1. The van der Waals surface area contributed by atoms with Crippen molar-refractivity contribution in [2.75, 3.05) is 33.4 Å². The Morgan fingerprint density at radius 2 is 0.911 bits per heavy atom. The average Bonchev–Trinajstić information content (AvgIpc) is 3.18. The molecule has 10 heteroatoms. The number of carbonyl (C=O) groups is 2. The van der Waals surface area contributed by atoms with Crippen LogP contribution in [0.1, 0.15) is 219 Å². The molecule has 0 aliphatic carbocycles. The molecule has 9 nitrogen and oxygen atoms in total. The Labute approximate surface area is 344 Å². The van der Waals surface area contributed by atoms with Gasteiger partial charge in [-0.2, -0.15) is 0 Å². The third kappa shape index (κ3) is 42.1. The molecule has 2 unspecified atom stereocenters. The summed E-state index contributed by atoms with van der Waals surface area (Å²) in [5.74, 6) is -0.807. The molecule has 2 N–H and O–H groups in total. The predicted octanol–water partition coefficient (Wildman–Crippen LogP) is 13.4. The van der Waals surface area contributed by atoms with E-state index >= 15 is 0 Å². The summed E-state index contributed by atoms with van der Waals surface area (Å²) in [7, 11) is -2.65. The number of phosphoric acid groups is 1. The SMILES string of the molecule is CCCCCC/C=C\CCCCCCCCCC(=O)OC(COC(=O)CCCCCCCCCCC/C=C\CCCCCCCC)COP(=O)(O)OCCNC. The quantitative estimate of drug-likeness (QED) is 0.0268. The highest BCUT2D eigenvalue weighted by atomic mass is 31.2. The molecule has 0 bridgehead atoms. The molecule has 2 atom stereocenters. The van der Waals surface area contributed by atoms with Gasteiger partial charge in [0, 0.05) is 19.4 Å². The summed E-state index contributed by atoms with van der Waals surface area (Å²) in [6, 6.07) is 0. The molecule has 0 aliphatic heterocycles. The molecule has 0 saturated carbocycles. The number of esters is 2. The molecule has 0 rings (SSSR count). The molecule has 0 fully saturated rings. The fourth-order valence-electron chi connectivity index (χ4n) is 6.48. The van der Waals surface area contributed by atoms with Gasteiger partial charge in [-0.3, -0.25) is 18.6 Å². The number of carbonyl (C=O) groups excluding carboxylic acids is 2. The van der Waals surface area contributed by atoms with E-state index in [2.05, 4.69) is 43.5 Å². The van der Waals surface area contributed by atoms with E-state index in [1.807, 2.05) is 0 Å². The molecular formula is C46H88NO8P. The third-order valence-corrected chi connectivity index (χ3v) is 11.0. The minimum atomic E-state index is -4.35. The minimum absolute atomic E-state index is 0.0167. The molecule has 0 aliphatic rings. The lowest BCUT2D eigenvalue weighted by Gasteiger charge is -2.20. The van der Waals surface area contributed by atoms with E-state index < -0.39 is 26.5 Å². The Morgan fingerprint density at radius 3 is 1.34 bits per heavy atom. The first-order chi connectivity index (χ1) is 27.3. The summed E-state index contributed by atoms with van der Waals surface area (Å²) in [5.41, 5.74) is 0. The molecule has 0 spiro atoms. The number of likely N-dealkylation sites (N-methyl/N-ethyl adjacent to an activating group) is 1. The van der Waals surface area contributed by atoms with Crippen molar-refractivity contribution in [2.24, 2.45) is 0 Å². The molecule has 0 aromatic carbocycles. The minimum Gasteiger partial charge on any atom is -0.462 e. The Bertz CT molecular complexity index is 975. The van der Waals surface area contributed by atoms with Crippen LogP contribution >= 0.6 is 7.82 Å². The van der Waals surface area contributed by atoms with Crippen LogP contribution in [0.25, 0.3) is 0 Å². The summed E-state index contributed by atoms with van der Waals surface area (Å²) in [6.07, 6.45) is 45.0. The van der Waals surface area contributed by atoms with Gasteiger partial charge in [-0.1, -0.05) is 167 Å². The zero-order valence-electron chi connectivity index (χ0n) is 36.6. The normalized spacial score (nSPS) is 13.4. The Kier molecular flexibility index (Phi) is 41.9. The van der Waals surface area contributed by atoms with E-state index in [-0.39, 0.29) is 32.0 Å². The van der Waals surface area contributed by atoms with Gasteiger partial charge in [-0.05, 0) is 71.3 Å². The van der Waals surface area contributed by atoms with E-state index in [4.69, 9.17) is 18.5 Å². The van der Waals surface area contributed by atoms with Crippen LogP contribution in [0, 0.1) is 0 Å². The van der Waals surface area contributed by atoms with Crippen molar-refractivity contribution in [1.29, 1.82) is 0 Å². The second-order valence-corrected chi connectivity index (χ2v) is 17.0. The molecule has 330 valence electrons. The number of ether oxygens (including phenoxy) is 2. The van der Waals surface area contributed by atoms with Crippen LogP contribution in [-0.2, 0) is 32.7 Å². The maximum atomic E-state index is 12.6. The Morgan fingerprint density at radius 1 is 0.536 bits per heavy atom. The fourth-order valence-corrected chi connectivity index (χ4v) is 7.24. The molecule has 56 heavy (non-hydrogen) atoms. The van der Waals surface area contributed by atoms with Crippen molar-refractivity contribution in [2.45, 2.75) is 225 Å². The van der Waals surface area contributed by atoms with Gasteiger partial charge < -0.3 is 19.7 Å². The molecule has 0 aromatic rings. The maximum absolute atomic E-state index is 12.6. The highest BCUT2D eigenvalue weighted by molar-refractivity contribution is 7.47. The highest BCUT2D eigenvalue weighted by Crippen LogP contribution is 2.43. The van der Waals surface area contributed by atoms with E-state index in [0.29, 0.717) is 13.0 Å². The van der Waals surface area contributed by atoms with Gasteiger partial charge >= 0.3 is 19.8 Å². The largest absolute Gasteiger partial charge is 0.472 e. The summed E-state index contributed by atoms with van der Waals surface area (Å²) in [5, 5.41) is 2.83. The van der Waals surface area contributed by atoms with E-state index in [1.165, 1.54) is 141 Å². The van der Waals surface area contributed by atoms with Crippen molar-refractivity contribution in [3.8, 4) is 0 Å².